The SMILES string of the molecule is CC(C)C1=C2C3CCC4C(C)(CCC5C(C)(C)C(CC(=O)C6CC(C(=O)O)C6C)CCC54C)C3CCC2(CCNCC(C)(C)NC(=O)C2CCNCC2)CC1=O. The molecule has 7 aliphatic rings. The van der Waals surface area contributed by atoms with Gasteiger partial charge in [-0.25, -0.2) is 0 Å². The lowest BCUT2D eigenvalue weighted by atomic mass is 9.35. The van der Waals surface area contributed by atoms with Gasteiger partial charge in [-0.3, -0.25) is 19.2 Å². The molecule has 5 saturated carbocycles. The summed E-state index contributed by atoms with van der Waals surface area (Å²) < 4.78 is 0. The number of fused-ring (bicyclic) bond motifs is 7. The molecule has 1 heterocycles. The molecule has 0 aromatic heterocycles. The number of carboxylic acid groups (broad SMARTS) is 1. The minimum Gasteiger partial charge on any atom is -0.481 e. The number of Topliss-reactive ketones (excluding diaryl/α,β-unsaturated/α-hetero) is 2. The molecule has 0 spiro atoms. The summed E-state index contributed by atoms with van der Waals surface area (Å²) in [5, 5.41) is 20.0. The lowest BCUT2D eigenvalue weighted by molar-refractivity contribution is -0.193. The number of carbonyl (C=O) groups excluding carboxylic acids is 3. The number of carboxylic acids is 1. The summed E-state index contributed by atoms with van der Waals surface area (Å²) in [7, 11) is 0. The molecular weight excluding hydrogens is 699 g/mol. The van der Waals surface area contributed by atoms with Gasteiger partial charge in [0.15, 0.2) is 5.78 Å². The quantitative estimate of drug-likeness (QED) is 0.147. The number of rotatable bonds is 12. The van der Waals surface area contributed by atoms with Crippen LogP contribution in [-0.4, -0.2) is 60.3 Å². The highest BCUT2D eigenvalue weighted by atomic mass is 16.4. The molecule has 0 aromatic carbocycles. The maximum absolute atomic E-state index is 14.1. The number of nitrogens with one attached hydrogen (secondary N) is 3. The van der Waals surface area contributed by atoms with Crippen LogP contribution in [0.3, 0.4) is 0 Å². The maximum atomic E-state index is 14.1. The van der Waals surface area contributed by atoms with Gasteiger partial charge in [-0.1, -0.05) is 54.0 Å². The van der Waals surface area contributed by atoms with Crippen molar-refractivity contribution in [3.8, 4) is 0 Å². The average Bonchev–Trinajstić information content (AvgIpc) is 3.43. The number of piperidine rings is 1. The van der Waals surface area contributed by atoms with Crippen molar-refractivity contribution in [2.75, 3.05) is 26.2 Å². The minimum atomic E-state index is -0.752. The van der Waals surface area contributed by atoms with E-state index in [1.54, 1.807) is 5.57 Å². The van der Waals surface area contributed by atoms with Crippen molar-refractivity contribution in [3.63, 3.8) is 0 Å². The second-order valence-corrected chi connectivity index (χ2v) is 22.5. The normalized spacial score (nSPS) is 40.9. The molecule has 4 N–H and O–H groups in total. The summed E-state index contributed by atoms with van der Waals surface area (Å²) in [5.41, 5.74) is 2.86. The van der Waals surface area contributed by atoms with Crippen molar-refractivity contribution in [3.05, 3.63) is 11.1 Å². The molecule has 6 aliphatic carbocycles. The Bertz CT molecular complexity index is 1590. The van der Waals surface area contributed by atoms with Crippen molar-refractivity contribution >= 4 is 23.4 Å². The van der Waals surface area contributed by atoms with Crippen LogP contribution in [0.15, 0.2) is 11.1 Å². The smallest absolute Gasteiger partial charge is 0.306 e. The van der Waals surface area contributed by atoms with E-state index >= 15 is 0 Å². The molecule has 11 unspecified atom stereocenters. The van der Waals surface area contributed by atoms with Crippen LogP contribution in [0.5, 0.6) is 0 Å². The second kappa shape index (κ2) is 15.2. The topological polar surface area (TPSA) is 125 Å². The Hall–Kier alpha value is -2.06. The van der Waals surface area contributed by atoms with Gasteiger partial charge in [-0.05, 0) is 174 Å². The highest BCUT2D eigenvalue weighted by molar-refractivity contribution is 6.00. The van der Waals surface area contributed by atoms with E-state index in [0.717, 1.165) is 57.3 Å². The highest BCUT2D eigenvalue weighted by Crippen LogP contribution is 2.74. The number of ketones is 2. The number of amides is 1. The zero-order valence-corrected chi connectivity index (χ0v) is 36.6. The lowest BCUT2D eigenvalue weighted by Crippen LogP contribution is -2.62. The molecule has 1 saturated heterocycles. The fourth-order valence-electron chi connectivity index (χ4n) is 15.4. The first-order valence-corrected chi connectivity index (χ1v) is 23.0. The van der Waals surface area contributed by atoms with E-state index < -0.39 is 5.97 Å². The predicted molar refractivity (Wildman–Crippen MR) is 222 cm³/mol. The van der Waals surface area contributed by atoms with Crippen molar-refractivity contribution in [1.29, 1.82) is 0 Å². The fourth-order valence-corrected chi connectivity index (χ4v) is 15.4. The van der Waals surface area contributed by atoms with Crippen molar-refractivity contribution in [1.82, 2.24) is 16.0 Å². The Labute approximate surface area is 338 Å². The molecule has 1 aliphatic heterocycles. The summed E-state index contributed by atoms with van der Waals surface area (Å²) in [6.07, 6.45) is 14.0. The van der Waals surface area contributed by atoms with Gasteiger partial charge >= 0.3 is 5.97 Å². The van der Waals surface area contributed by atoms with E-state index in [9.17, 15) is 24.3 Å². The third kappa shape index (κ3) is 7.08. The van der Waals surface area contributed by atoms with E-state index in [1.165, 1.54) is 38.5 Å². The molecule has 11 atom stereocenters. The van der Waals surface area contributed by atoms with Crippen molar-refractivity contribution in [2.45, 2.75) is 158 Å². The van der Waals surface area contributed by atoms with Gasteiger partial charge in [0.2, 0.25) is 5.91 Å². The van der Waals surface area contributed by atoms with Gasteiger partial charge < -0.3 is 21.1 Å². The highest BCUT2D eigenvalue weighted by Gasteiger charge is 2.66. The number of allylic oxidation sites excluding steroid dienone is 2. The van der Waals surface area contributed by atoms with E-state index in [-0.39, 0.29) is 62.7 Å². The van der Waals surface area contributed by atoms with Gasteiger partial charge in [0.05, 0.1) is 5.92 Å². The lowest BCUT2D eigenvalue weighted by Gasteiger charge is -2.69. The summed E-state index contributed by atoms with van der Waals surface area (Å²) in [6, 6.07) is 0. The van der Waals surface area contributed by atoms with Gasteiger partial charge in [0.25, 0.3) is 0 Å². The summed E-state index contributed by atoms with van der Waals surface area (Å²) in [5.74, 6) is 2.62. The van der Waals surface area contributed by atoms with Crippen LogP contribution in [0.1, 0.15) is 152 Å². The standard InChI is InChI=1S/C48H77N3O5/c1-28(2)40-37(53)26-48(20-23-50-27-44(4,5)51-42(54)30-15-21-49-22-16-30)19-13-35-32(41(40)48)10-11-39-46(35,8)18-14-38-45(6,7)31(12-17-47(38,39)9)24-36(52)33-25-34(29(33)3)43(55)56/h28-35,38-39,49-50H,10-27H2,1-9H3,(H,51,54)(H,55,56). The molecule has 1 amide bonds. The molecule has 314 valence electrons. The predicted octanol–water partition coefficient (Wildman–Crippen LogP) is 8.38. The summed E-state index contributed by atoms with van der Waals surface area (Å²) >= 11 is 0. The largest absolute Gasteiger partial charge is 0.481 e. The summed E-state index contributed by atoms with van der Waals surface area (Å²) in [6.45, 7) is 24.3. The van der Waals surface area contributed by atoms with Crippen molar-refractivity contribution in [2.24, 2.45) is 80.8 Å². The number of aliphatic carboxylic acids is 1. The number of hydrogen-bond donors (Lipinski definition) is 4. The van der Waals surface area contributed by atoms with Crippen LogP contribution >= 0.6 is 0 Å². The molecular formula is C48H77N3O5. The molecule has 7 rings (SSSR count). The Morgan fingerprint density at radius 2 is 1.59 bits per heavy atom. The first-order chi connectivity index (χ1) is 26.3. The Balaban J connectivity index is 1.04. The molecule has 8 heteroatoms. The van der Waals surface area contributed by atoms with Crippen LogP contribution in [0, 0.1) is 80.8 Å². The van der Waals surface area contributed by atoms with E-state index in [2.05, 4.69) is 71.3 Å². The molecule has 0 radical (unpaired) electrons. The molecule has 0 aromatic rings. The summed E-state index contributed by atoms with van der Waals surface area (Å²) in [4.78, 5) is 52.3. The van der Waals surface area contributed by atoms with E-state index in [0.29, 0.717) is 67.0 Å². The van der Waals surface area contributed by atoms with Crippen LogP contribution in [0.2, 0.25) is 0 Å². The first-order valence-electron chi connectivity index (χ1n) is 23.0. The van der Waals surface area contributed by atoms with Gasteiger partial charge in [0, 0.05) is 42.2 Å². The van der Waals surface area contributed by atoms with Crippen LogP contribution in [0.25, 0.3) is 0 Å². The minimum absolute atomic E-state index is 0.0490. The van der Waals surface area contributed by atoms with Crippen LogP contribution in [0.4, 0.5) is 0 Å². The van der Waals surface area contributed by atoms with Crippen LogP contribution in [-0.2, 0) is 19.2 Å². The van der Waals surface area contributed by atoms with Gasteiger partial charge in [-0.15, -0.1) is 0 Å². The molecule has 8 nitrogen and oxygen atoms in total. The average molecular weight is 776 g/mol. The molecule has 6 fully saturated rings. The second-order valence-electron chi connectivity index (χ2n) is 22.5. The van der Waals surface area contributed by atoms with E-state index in [1.807, 2.05) is 6.92 Å². The number of hydrogen-bond acceptors (Lipinski definition) is 6. The Kier molecular flexibility index (Phi) is 11.4. The van der Waals surface area contributed by atoms with Gasteiger partial charge in [0.1, 0.15) is 5.78 Å². The molecule has 56 heavy (non-hydrogen) atoms. The van der Waals surface area contributed by atoms with Crippen LogP contribution < -0.4 is 16.0 Å². The monoisotopic (exact) mass is 776 g/mol. The Morgan fingerprint density at radius 3 is 2.25 bits per heavy atom. The molecule has 0 bridgehead atoms. The van der Waals surface area contributed by atoms with Gasteiger partial charge in [-0.2, -0.15) is 0 Å². The fraction of sp³-hybridized carbons (Fsp3) is 0.875. The third-order valence-electron chi connectivity index (χ3n) is 18.5. The van der Waals surface area contributed by atoms with Crippen molar-refractivity contribution < 1.29 is 24.3 Å². The zero-order valence-electron chi connectivity index (χ0n) is 36.6. The number of carbonyl (C=O) groups is 4. The maximum Gasteiger partial charge on any atom is 0.306 e. The zero-order chi connectivity index (χ0) is 40.6. The van der Waals surface area contributed by atoms with E-state index in [4.69, 9.17) is 0 Å². The first kappa shape index (κ1) is 42.1. The Morgan fingerprint density at radius 1 is 0.893 bits per heavy atom. The third-order valence-corrected chi connectivity index (χ3v) is 18.5.